The van der Waals surface area contributed by atoms with Gasteiger partial charge in [-0.3, -0.25) is 9.59 Å². The Hall–Kier alpha value is -1.76. The van der Waals surface area contributed by atoms with Crippen molar-refractivity contribution in [2.24, 2.45) is 0 Å². The summed E-state index contributed by atoms with van der Waals surface area (Å²) in [4.78, 5) is 22.0. The smallest absolute Gasteiger partial charge is 0.305 e. The second-order valence-corrected chi connectivity index (χ2v) is 4.94. The molecule has 2 rings (SSSR count). The van der Waals surface area contributed by atoms with Crippen LogP contribution in [-0.4, -0.2) is 23.8 Å². The minimum atomic E-state index is -0.993. The first kappa shape index (κ1) is 13.7. The lowest BCUT2D eigenvalue weighted by atomic mass is 10.0. The molecule has 0 saturated carbocycles. The Kier molecular flexibility index (Phi) is 3.94. The van der Waals surface area contributed by atoms with Crippen LogP contribution in [0.2, 0.25) is 0 Å². The van der Waals surface area contributed by atoms with Crippen molar-refractivity contribution in [3.05, 3.63) is 22.2 Å². The molecular formula is C12H12BrNO5. The van der Waals surface area contributed by atoms with Crippen LogP contribution in [0, 0.1) is 0 Å². The van der Waals surface area contributed by atoms with E-state index in [2.05, 4.69) is 21.2 Å². The Morgan fingerprint density at radius 1 is 1.47 bits per heavy atom. The number of ether oxygens (including phenoxy) is 2. The molecule has 1 aromatic rings. The van der Waals surface area contributed by atoms with E-state index in [4.69, 9.17) is 14.6 Å². The quantitative estimate of drug-likeness (QED) is 0.880. The minimum absolute atomic E-state index is 0.126. The predicted molar refractivity (Wildman–Crippen MR) is 69.1 cm³/mol. The van der Waals surface area contributed by atoms with E-state index < -0.39 is 12.0 Å². The molecule has 0 aliphatic carbocycles. The number of hydrogen-bond donors (Lipinski definition) is 2. The number of carbonyl (C=O) groups is 2. The number of halogens is 1. The molecule has 0 spiro atoms. The van der Waals surface area contributed by atoms with Crippen LogP contribution in [0.1, 0.15) is 24.9 Å². The number of carbonyl (C=O) groups excluding carboxylic acids is 1. The van der Waals surface area contributed by atoms with Crippen LogP contribution in [0.4, 0.5) is 0 Å². The molecule has 19 heavy (non-hydrogen) atoms. The topological polar surface area (TPSA) is 84.9 Å². The van der Waals surface area contributed by atoms with Crippen LogP contribution in [0.25, 0.3) is 0 Å². The number of hydrogen-bond acceptors (Lipinski definition) is 4. The first-order valence-electron chi connectivity index (χ1n) is 5.55. The fourth-order valence-electron chi connectivity index (χ4n) is 1.86. The fraction of sp³-hybridized carbons (Fsp3) is 0.333. The lowest BCUT2D eigenvalue weighted by molar-refractivity contribution is -0.137. The van der Waals surface area contributed by atoms with Crippen LogP contribution >= 0.6 is 15.9 Å². The van der Waals surface area contributed by atoms with Gasteiger partial charge in [0.15, 0.2) is 11.5 Å². The summed E-state index contributed by atoms with van der Waals surface area (Å²) in [5.41, 5.74) is 0.647. The van der Waals surface area contributed by atoms with E-state index in [1.807, 2.05) is 0 Å². The third-order valence-corrected chi connectivity index (χ3v) is 3.20. The third-order valence-electron chi connectivity index (χ3n) is 2.61. The molecule has 0 unspecified atom stereocenters. The first-order chi connectivity index (χ1) is 8.97. The molecule has 1 aliphatic heterocycles. The molecule has 7 heteroatoms. The highest BCUT2D eigenvalue weighted by atomic mass is 79.9. The molecule has 0 radical (unpaired) electrons. The average Bonchev–Trinajstić information content (AvgIpc) is 2.75. The normalized spacial score (nSPS) is 14.0. The standard InChI is InChI=1S/C12H12BrNO5/c1-6(15)14-9(4-11(16)17)7-2-8(13)12-10(3-7)18-5-19-12/h2-3,9H,4-5H2,1H3,(H,14,15)(H,16,17)/t9-/m0/s1. The van der Waals surface area contributed by atoms with Gasteiger partial charge in [-0.15, -0.1) is 0 Å². The van der Waals surface area contributed by atoms with Crippen molar-refractivity contribution < 1.29 is 24.2 Å². The monoisotopic (exact) mass is 329 g/mol. The second kappa shape index (κ2) is 5.48. The maximum absolute atomic E-state index is 11.2. The van der Waals surface area contributed by atoms with Crippen LogP contribution in [0.15, 0.2) is 16.6 Å². The summed E-state index contributed by atoms with van der Waals surface area (Å²) in [7, 11) is 0. The molecule has 1 aliphatic rings. The molecule has 6 nitrogen and oxygen atoms in total. The molecule has 2 N–H and O–H groups in total. The molecule has 1 heterocycles. The van der Waals surface area contributed by atoms with E-state index in [1.165, 1.54) is 6.92 Å². The van der Waals surface area contributed by atoms with Gasteiger partial charge in [0.1, 0.15) is 0 Å². The van der Waals surface area contributed by atoms with Crippen LogP contribution in [0.3, 0.4) is 0 Å². The van der Waals surface area contributed by atoms with Crippen molar-refractivity contribution in [1.29, 1.82) is 0 Å². The zero-order valence-corrected chi connectivity index (χ0v) is 11.7. The molecule has 1 amide bonds. The van der Waals surface area contributed by atoms with E-state index in [0.29, 0.717) is 21.5 Å². The van der Waals surface area contributed by atoms with E-state index in [-0.39, 0.29) is 19.1 Å². The summed E-state index contributed by atoms with van der Waals surface area (Å²) in [6.07, 6.45) is -0.203. The third kappa shape index (κ3) is 3.17. The zero-order valence-electron chi connectivity index (χ0n) is 10.1. The fourth-order valence-corrected chi connectivity index (χ4v) is 2.43. The van der Waals surface area contributed by atoms with Gasteiger partial charge in [0.2, 0.25) is 12.7 Å². The van der Waals surface area contributed by atoms with Gasteiger partial charge in [-0.05, 0) is 33.6 Å². The van der Waals surface area contributed by atoms with Gasteiger partial charge < -0.3 is 19.9 Å². The number of fused-ring (bicyclic) bond motifs is 1. The summed E-state index contributed by atoms with van der Waals surface area (Å²) >= 11 is 3.33. The van der Waals surface area contributed by atoms with Crippen molar-refractivity contribution >= 4 is 27.8 Å². The summed E-state index contributed by atoms with van der Waals surface area (Å²) in [5, 5.41) is 11.5. The van der Waals surface area contributed by atoms with Gasteiger partial charge >= 0.3 is 5.97 Å². The average molecular weight is 330 g/mol. The molecule has 102 valence electrons. The summed E-state index contributed by atoms with van der Waals surface area (Å²) in [6, 6.07) is 2.79. The number of aliphatic carboxylic acids is 1. The Bertz CT molecular complexity index is 515. The van der Waals surface area contributed by atoms with Crippen molar-refractivity contribution in [2.75, 3.05) is 6.79 Å². The number of carboxylic acid groups (broad SMARTS) is 1. The predicted octanol–water partition coefficient (Wildman–Crippen LogP) is 1.83. The number of benzene rings is 1. The van der Waals surface area contributed by atoms with E-state index in [9.17, 15) is 9.59 Å². The maximum Gasteiger partial charge on any atom is 0.305 e. The summed E-state index contributed by atoms with van der Waals surface area (Å²) in [5.74, 6) is -0.168. The first-order valence-corrected chi connectivity index (χ1v) is 6.34. The number of amides is 1. The highest BCUT2D eigenvalue weighted by Crippen LogP contribution is 2.41. The zero-order chi connectivity index (χ0) is 14.0. The molecule has 0 saturated heterocycles. The van der Waals surface area contributed by atoms with Crippen molar-refractivity contribution in [1.82, 2.24) is 5.32 Å². The van der Waals surface area contributed by atoms with Crippen molar-refractivity contribution in [2.45, 2.75) is 19.4 Å². The van der Waals surface area contributed by atoms with Gasteiger partial charge in [0, 0.05) is 6.92 Å². The number of rotatable bonds is 4. The molecule has 1 aromatic carbocycles. The number of carboxylic acids is 1. The maximum atomic E-state index is 11.2. The molecule has 0 bridgehead atoms. The Labute approximate surface area is 117 Å². The molecular weight excluding hydrogens is 318 g/mol. The minimum Gasteiger partial charge on any atom is -0.481 e. The molecule has 0 aromatic heterocycles. The molecule has 1 atom stereocenters. The largest absolute Gasteiger partial charge is 0.481 e. The Balaban J connectivity index is 2.33. The van der Waals surface area contributed by atoms with Gasteiger partial charge in [0.05, 0.1) is 16.9 Å². The lowest BCUT2D eigenvalue weighted by Gasteiger charge is -2.17. The van der Waals surface area contributed by atoms with Gasteiger partial charge in [0.25, 0.3) is 0 Å². The Morgan fingerprint density at radius 3 is 2.84 bits per heavy atom. The van der Waals surface area contributed by atoms with Crippen LogP contribution in [0.5, 0.6) is 11.5 Å². The highest BCUT2D eigenvalue weighted by molar-refractivity contribution is 9.10. The summed E-state index contributed by atoms with van der Waals surface area (Å²) < 4.78 is 11.2. The summed E-state index contributed by atoms with van der Waals surface area (Å²) in [6.45, 7) is 1.47. The van der Waals surface area contributed by atoms with E-state index in [1.54, 1.807) is 12.1 Å². The van der Waals surface area contributed by atoms with Gasteiger partial charge in [-0.2, -0.15) is 0 Å². The number of nitrogens with one attached hydrogen (secondary N) is 1. The lowest BCUT2D eigenvalue weighted by Crippen LogP contribution is -2.28. The van der Waals surface area contributed by atoms with Crippen molar-refractivity contribution in [3.8, 4) is 11.5 Å². The van der Waals surface area contributed by atoms with E-state index in [0.717, 1.165) is 0 Å². The Morgan fingerprint density at radius 2 is 2.21 bits per heavy atom. The highest BCUT2D eigenvalue weighted by Gasteiger charge is 2.23. The van der Waals surface area contributed by atoms with Crippen molar-refractivity contribution in [3.63, 3.8) is 0 Å². The van der Waals surface area contributed by atoms with Crippen LogP contribution < -0.4 is 14.8 Å². The van der Waals surface area contributed by atoms with Crippen LogP contribution in [-0.2, 0) is 9.59 Å². The van der Waals surface area contributed by atoms with Gasteiger partial charge in [-0.25, -0.2) is 0 Å². The second-order valence-electron chi connectivity index (χ2n) is 4.09. The van der Waals surface area contributed by atoms with Gasteiger partial charge in [-0.1, -0.05) is 0 Å². The molecule has 0 fully saturated rings. The van der Waals surface area contributed by atoms with E-state index >= 15 is 0 Å². The SMILES string of the molecule is CC(=O)N[C@@H](CC(=O)O)c1cc(Br)c2c(c1)OCO2.